The van der Waals surface area contributed by atoms with E-state index in [1.54, 1.807) is 17.1 Å². The molecule has 0 bridgehead atoms. The average molecular weight is 182 g/mol. The van der Waals surface area contributed by atoms with Crippen molar-refractivity contribution in [3.05, 3.63) is 12.3 Å². The Balaban J connectivity index is 2.17. The Morgan fingerprint density at radius 1 is 1.38 bits per heavy atom. The molecular formula is C8H14N4O. The summed E-state index contributed by atoms with van der Waals surface area (Å²) in [6, 6.07) is -0.0174. The number of nitrogens with zero attached hydrogens (tertiary/aromatic N) is 3. The van der Waals surface area contributed by atoms with Gasteiger partial charge in [-0.05, 0) is 0 Å². The van der Waals surface area contributed by atoms with Crippen molar-refractivity contribution in [2.24, 2.45) is 0 Å². The zero-order valence-electron chi connectivity index (χ0n) is 7.79. The zero-order chi connectivity index (χ0) is 9.42. The summed E-state index contributed by atoms with van der Waals surface area (Å²) < 4.78 is 0. The molecule has 2 rings (SSSR count). The molecule has 0 aromatic carbocycles. The molecule has 72 valence electrons. The van der Waals surface area contributed by atoms with Crippen molar-refractivity contribution in [1.82, 2.24) is 20.5 Å². The van der Waals surface area contributed by atoms with Crippen LogP contribution in [0.25, 0.3) is 0 Å². The number of nitrogens with one attached hydrogen (secondary N) is 1. The summed E-state index contributed by atoms with van der Waals surface area (Å²) in [5, 5.41) is 5.31. The molecule has 5 heteroatoms. The van der Waals surface area contributed by atoms with Gasteiger partial charge in [0.05, 0.1) is 6.54 Å². The van der Waals surface area contributed by atoms with Crippen molar-refractivity contribution in [1.29, 1.82) is 0 Å². The lowest BCUT2D eigenvalue weighted by Gasteiger charge is -2.38. The summed E-state index contributed by atoms with van der Waals surface area (Å²) in [7, 11) is 1.76. The maximum atomic E-state index is 11.7. The Morgan fingerprint density at radius 3 is 2.85 bits per heavy atom. The lowest BCUT2D eigenvalue weighted by atomic mass is 10.4. The third kappa shape index (κ3) is 1.20. The van der Waals surface area contributed by atoms with Crippen LogP contribution in [-0.4, -0.2) is 47.7 Å². The van der Waals surface area contributed by atoms with E-state index < -0.39 is 0 Å². The van der Waals surface area contributed by atoms with Crippen LogP contribution in [0, 0.1) is 0 Å². The van der Waals surface area contributed by atoms with Crippen LogP contribution in [-0.2, 0) is 0 Å². The highest BCUT2D eigenvalue weighted by Gasteiger charge is 2.36. The Kier molecular flexibility index (Phi) is 1.97. The lowest BCUT2D eigenvalue weighted by Crippen LogP contribution is -2.59. The molecule has 2 fully saturated rings. The fourth-order valence-electron chi connectivity index (χ4n) is 1.76. The van der Waals surface area contributed by atoms with Gasteiger partial charge in [-0.2, -0.15) is 0 Å². The van der Waals surface area contributed by atoms with Crippen molar-refractivity contribution in [3.8, 4) is 0 Å². The molecule has 2 heterocycles. The number of carbonyl (C=O) groups is 1. The summed E-state index contributed by atoms with van der Waals surface area (Å²) in [4.78, 5) is 11.7. The molecule has 0 aromatic heterocycles. The molecule has 2 saturated heterocycles. The van der Waals surface area contributed by atoms with Gasteiger partial charge < -0.3 is 0 Å². The van der Waals surface area contributed by atoms with Gasteiger partial charge in [0.2, 0.25) is 0 Å². The van der Waals surface area contributed by atoms with Gasteiger partial charge in [0.15, 0.2) is 0 Å². The third-order valence-corrected chi connectivity index (χ3v) is 2.50. The highest BCUT2D eigenvalue weighted by Crippen LogP contribution is 2.23. The largest absolute Gasteiger partial charge is 0.353 e. The van der Waals surface area contributed by atoms with Crippen molar-refractivity contribution in [2.45, 2.75) is 6.42 Å². The highest BCUT2D eigenvalue weighted by atomic mass is 16.2. The van der Waals surface area contributed by atoms with Crippen LogP contribution in [0.3, 0.4) is 0 Å². The zero-order valence-corrected chi connectivity index (χ0v) is 7.79. The van der Waals surface area contributed by atoms with E-state index in [1.807, 2.05) is 5.01 Å². The molecule has 0 unspecified atom stereocenters. The number of fused-ring (bicyclic) bond motifs is 1. The van der Waals surface area contributed by atoms with Gasteiger partial charge in [-0.15, -0.1) is 0 Å². The minimum absolute atomic E-state index is 0.0174. The second kappa shape index (κ2) is 3.01. The quantitative estimate of drug-likeness (QED) is 0.620. The number of amides is 2. The van der Waals surface area contributed by atoms with Crippen molar-refractivity contribution in [2.75, 3.05) is 26.7 Å². The summed E-state index contributed by atoms with van der Waals surface area (Å²) in [5.74, 6) is 0. The molecule has 13 heavy (non-hydrogen) atoms. The lowest BCUT2D eigenvalue weighted by molar-refractivity contribution is 0.00753. The molecule has 2 aliphatic rings. The second-order valence-corrected chi connectivity index (χ2v) is 3.24. The number of hydrogen-bond donors (Lipinski definition) is 1. The summed E-state index contributed by atoms with van der Waals surface area (Å²) in [6.07, 6.45) is 0.892. The number of rotatable bonds is 1. The van der Waals surface area contributed by atoms with Gasteiger partial charge in [0, 0.05) is 32.3 Å². The summed E-state index contributed by atoms with van der Waals surface area (Å²) in [6.45, 7) is 6.40. The van der Waals surface area contributed by atoms with Gasteiger partial charge in [0.1, 0.15) is 0 Å². The van der Waals surface area contributed by atoms with Crippen molar-refractivity contribution >= 4 is 6.03 Å². The van der Waals surface area contributed by atoms with E-state index in [4.69, 9.17) is 0 Å². The number of hydrazine groups is 2. The first-order valence-corrected chi connectivity index (χ1v) is 4.45. The Labute approximate surface area is 77.5 Å². The van der Waals surface area contributed by atoms with Gasteiger partial charge in [-0.25, -0.2) is 20.2 Å². The van der Waals surface area contributed by atoms with Crippen LogP contribution in [0.1, 0.15) is 6.42 Å². The van der Waals surface area contributed by atoms with Crippen LogP contribution in [0.2, 0.25) is 0 Å². The second-order valence-electron chi connectivity index (χ2n) is 3.24. The molecule has 0 aliphatic carbocycles. The third-order valence-electron chi connectivity index (χ3n) is 2.50. The summed E-state index contributed by atoms with van der Waals surface area (Å²) in [5.41, 5.74) is 3.75. The Bertz CT molecular complexity index is 253. The first kappa shape index (κ1) is 8.52. The minimum atomic E-state index is -0.0174. The van der Waals surface area contributed by atoms with Crippen LogP contribution >= 0.6 is 0 Å². The monoisotopic (exact) mass is 182 g/mol. The van der Waals surface area contributed by atoms with Gasteiger partial charge >= 0.3 is 6.03 Å². The predicted octanol–water partition coefficient (Wildman–Crippen LogP) is -0.00720. The van der Waals surface area contributed by atoms with Crippen LogP contribution in [0.5, 0.6) is 0 Å². The first-order chi connectivity index (χ1) is 6.24. The van der Waals surface area contributed by atoms with Gasteiger partial charge in [-0.1, -0.05) is 6.58 Å². The molecule has 2 amide bonds. The van der Waals surface area contributed by atoms with E-state index in [2.05, 4.69) is 12.0 Å². The molecule has 5 nitrogen and oxygen atoms in total. The molecule has 0 radical (unpaired) electrons. The van der Waals surface area contributed by atoms with E-state index in [0.717, 1.165) is 31.8 Å². The fourth-order valence-corrected chi connectivity index (χ4v) is 1.76. The van der Waals surface area contributed by atoms with Gasteiger partial charge in [0.25, 0.3) is 0 Å². The standard InChI is InChI=1S/C8H14N4O/c1-7-3-4-10-5-6-11(9-2)8(13)12(7)10/h9H,1,3-6H2,2H3. The number of urea groups is 1. The van der Waals surface area contributed by atoms with E-state index in [0.29, 0.717) is 0 Å². The van der Waals surface area contributed by atoms with E-state index >= 15 is 0 Å². The van der Waals surface area contributed by atoms with Gasteiger partial charge in [-0.3, -0.25) is 5.01 Å². The SMILES string of the molecule is C=C1CCN2CCN(NC)C(=O)N12. The maximum absolute atomic E-state index is 11.7. The van der Waals surface area contributed by atoms with E-state index in [-0.39, 0.29) is 6.03 Å². The van der Waals surface area contributed by atoms with E-state index in [1.165, 1.54) is 0 Å². The van der Waals surface area contributed by atoms with E-state index in [9.17, 15) is 4.79 Å². The molecular weight excluding hydrogens is 168 g/mol. The van der Waals surface area contributed by atoms with Crippen LogP contribution in [0.15, 0.2) is 12.3 Å². The van der Waals surface area contributed by atoms with Crippen LogP contribution in [0.4, 0.5) is 4.79 Å². The Hall–Kier alpha value is -1.07. The highest BCUT2D eigenvalue weighted by molar-refractivity contribution is 5.76. The summed E-state index contributed by atoms with van der Waals surface area (Å²) >= 11 is 0. The molecule has 0 saturated carbocycles. The van der Waals surface area contributed by atoms with Crippen molar-refractivity contribution < 1.29 is 4.79 Å². The minimum Gasteiger partial charge on any atom is -0.257 e. The average Bonchev–Trinajstić information content (AvgIpc) is 2.49. The molecule has 0 aromatic rings. The molecule has 1 N–H and O–H groups in total. The number of carbonyl (C=O) groups excluding carboxylic acids is 1. The smallest absolute Gasteiger partial charge is 0.257 e. The van der Waals surface area contributed by atoms with Crippen molar-refractivity contribution in [3.63, 3.8) is 0 Å². The van der Waals surface area contributed by atoms with Crippen LogP contribution < -0.4 is 5.43 Å². The first-order valence-electron chi connectivity index (χ1n) is 4.45. The Morgan fingerprint density at radius 2 is 2.15 bits per heavy atom. The molecule has 0 atom stereocenters. The molecule has 2 aliphatic heterocycles. The number of hydrogen-bond acceptors (Lipinski definition) is 3. The predicted molar refractivity (Wildman–Crippen MR) is 48.3 cm³/mol. The maximum Gasteiger partial charge on any atom is 0.353 e. The fraction of sp³-hybridized carbons (Fsp3) is 0.625. The molecule has 0 spiro atoms. The normalized spacial score (nSPS) is 24.1. The topological polar surface area (TPSA) is 38.8 Å².